The predicted molar refractivity (Wildman–Crippen MR) is 78.0 cm³/mol. The molecular weight excluding hydrogens is 314 g/mol. The molecule has 0 aliphatic carbocycles. The molecule has 8 heteroatoms. The molecule has 0 fully saturated rings. The maximum Gasteiger partial charge on any atom is 0.288 e. The first-order chi connectivity index (χ1) is 10.5. The molecule has 0 unspecified atom stereocenters. The van der Waals surface area contributed by atoms with Crippen molar-refractivity contribution in [1.82, 2.24) is 5.32 Å². The zero-order valence-electron chi connectivity index (χ0n) is 11.2. The van der Waals surface area contributed by atoms with Crippen molar-refractivity contribution in [2.75, 3.05) is 11.9 Å². The molecule has 0 aliphatic rings. The van der Waals surface area contributed by atoms with E-state index in [1.54, 1.807) is 6.07 Å². The molecule has 2 N–H and O–H groups in total. The lowest BCUT2D eigenvalue weighted by atomic mass is 10.3. The molecule has 0 spiro atoms. The SMILES string of the molecule is O=C(CNC(=O)c1ccco1)Nc1ccc(SC(F)F)cc1. The number of thioether (sulfide) groups is 1. The van der Waals surface area contributed by atoms with Gasteiger partial charge in [0.1, 0.15) is 0 Å². The van der Waals surface area contributed by atoms with Gasteiger partial charge in [-0.25, -0.2) is 0 Å². The number of hydrogen-bond acceptors (Lipinski definition) is 4. The molecule has 0 bridgehead atoms. The summed E-state index contributed by atoms with van der Waals surface area (Å²) in [7, 11) is 0. The van der Waals surface area contributed by atoms with Gasteiger partial charge in [0.15, 0.2) is 5.76 Å². The molecule has 2 amide bonds. The van der Waals surface area contributed by atoms with Crippen molar-refractivity contribution in [2.45, 2.75) is 10.7 Å². The van der Waals surface area contributed by atoms with E-state index in [4.69, 9.17) is 4.42 Å². The van der Waals surface area contributed by atoms with Crippen molar-refractivity contribution in [3.8, 4) is 0 Å². The normalized spacial score (nSPS) is 10.5. The fourth-order valence-electron chi connectivity index (χ4n) is 1.58. The van der Waals surface area contributed by atoms with Crippen molar-refractivity contribution in [3.05, 3.63) is 48.4 Å². The van der Waals surface area contributed by atoms with Crippen LogP contribution in [0.25, 0.3) is 0 Å². The van der Waals surface area contributed by atoms with Gasteiger partial charge in [-0.05, 0) is 36.4 Å². The lowest BCUT2D eigenvalue weighted by molar-refractivity contribution is -0.115. The summed E-state index contributed by atoms with van der Waals surface area (Å²) < 4.78 is 29.2. The summed E-state index contributed by atoms with van der Waals surface area (Å²) in [6.45, 7) is -0.229. The van der Waals surface area contributed by atoms with Crippen LogP contribution in [0.3, 0.4) is 0 Å². The Hall–Kier alpha value is -2.35. The van der Waals surface area contributed by atoms with Crippen LogP contribution in [0.15, 0.2) is 52.0 Å². The standard InChI is InChI=1S/C14H12F2N2O3S/c15-14(16)22-10-5-3-9(4-6-10)18-12(19)8-17-13(20)11-2-1-7-21-11/h1-7,14H,8H2,(H,17,20)(H,18,19). The third-order valence-electron chi connectivity index (χ3n) is 2.52. The smallest absolute Gasteiger partial charge is 0.288 e. The Balaban J connectivity index is 1.80. The predicted octanol–water partition coefficient (Wildman–Crippen LogP) is 2.96. The topological polar surface area (TPSA) is 71.3 Å². The molecule has 0 saturated heterocycles. The fourth-order valence-corrected chi connectivity index (χ4v) is 2.08. The minimum Gasteiger partial charge on any atom is -0.459 e. The number of alkyl halides is 2. The Morgan fingerprint density at radius 3 is 2.50 bits per heavy atom. The van der Waals surface area contributed by atoms with E-state index in [-0.39, 0.29) is 12.3 Å². The molecule has 0 atom stereocenters. The number of carbonyl (C=O) groups excluding carboxylic acids is 2. The van der Waals surface area contributed by atoms with Gasteiger partial charge in [0.25, 0.3) is 11.7 Å². The second kappa shape index (κ2) is 7.60. The van der Waals surface area contributed by atoms with E-state index in [9.17, 15) is 18.4 Å². The Morgan fingerprint density at radius 1 is 1.18 bits per heavy atom. The molecular formula is C14H12F2N2O3S. The lowest BCUT2D eigenvalue weighted by Crippen LogP contribution is -2.32. The molecule has 5 nitrogen and oxygen atoms in total. The first-order valence-electron chi connectivity index (χ1n) is 6.21. The Kier molecular flexibility index (Phi) is 5.54. The molecule has 1 heterocycles. The van der Waals surface area contributed by atoms with E-state index in [0.29, 0.717) is 22.3 Å². The van der Waals surface area contributed by atoms with Crippen LogP contribution in [0.1, 0.15) is 10.6 Å². The first kappa shape index (κ1) is 16.0. The van der Waals surface area contributed by atoms with Gasteiger partial charge in [0.05, 0.1) is 12.8 Å². The minimum atomic E-state index is -2.49. The number of benzene rings is 1. The van der Waals surface area contributed by atoms with Crippen LogP contribution in [0.4, 0.5) is 14.5 Å². The van der Waals surface area contributed by atoms with Gasteiger partial charge in [-0.1, -0.05) is 11.8 Å². The average Bonchev–Trinajstić information content (AvgIpc) is 3.00. The highest BCUT2D eigenvalue weighted by Crippen LogP contribution is 2.26. The highest BCUT2D eigenvalue weighted by atomic mass is 32.2. The number of hydrogen-bond donors (Lipinski definition) is 2. The summed E-state index contributed by atoms with van der Waals surface area (Å²) in [6, 6.07) is 9.02. The van der Waals surface area contributed by atoms with E-state index in [1.807, 2.05) is 0 Å². The highest BCUT2D eigenvalue weighted by Gasteiger charge is 2.10. The summed E-state index contributed by atoms with van der Waals surface area (Å²) in [5.41, 5.74) is 0.455. The highest BCUT2D eigenvalue weighted by molar-refractivity contribution is 7.99. The van der Waals surface area contributed by atoms with Crippen LogP contribution in [0.5, 0.6) is 0 Å². The zero-order chi connectivity index (χ0) is 15.9. The molecule has 1 aromatic carbocycles. The van der Waals surface area contributed by atoms with E-state index in [2.05, 4.69) is 10.6 Å². The summed E-state index contributed by atoms with van der Waals surface area (Å²) in [5.74, 6) is -3.31. The van der Waals surface area contributed by atoms with Gasteiger partial charge in [0, 0.05) is 10.6 Å². The molecule has 2 aromatic rings. The lowest BCUT2D eigenvalue weighted by Gasteiger charge is -2.07. The number of anilines is 1. The summed E-state index contributed by atoms with van der Waals surface area (Å²) >= 11 is 0.425. The van der Waals surface area contributed by atoms with E-state index in [1.165, 1.54) is 36.6 Å². The monoisotopic (exact) mass is 326 g/mol. The molecule has 116 valence electrons. The molecule has 0 saturated carbocycles. The molecule has 0 radical (unpaired) electrons. The van der Waals surface area contributed by atoms with Crippen molar-refractivity contribution in [2.24, 2.45) is 0 Å². The summed E-state index contributed by atoms with van der Waals surface area (Å²) in [6.07, 6.45) is 1.36. The number of halogens is 2. The van der Waals surface area contributed by atoms with Crippen LogP contribution in [-0.4, -0.2) is 24.1 Å². The third-order valence-corrected chi connectivity index (χ3v) is 3.24. The van der Waals surface area contributed by atoms with E-state index >= 15 is 0 Å². The first-order valence-corrected chi connectivity index (χ1v) is 7.09. The number of furan rings is 1. The van der Waals surface area contributed by atoms with Crippen molar-refractivity contribution in [1.29, 1.82) is 0 Å². The van der Waals surface area contributed by atoms with Gasteiger partial charge >= 0.3 is 0 Å². The van der Waals surface area contributed by atoms with Gasteiger partial charge in [0.2, 0.25) is 5.91 Å². The molecule has 1 aromatic heterocycles. The Bertz CT molecular complexity index is 630. The number of carbonyl (C=O) groups is 2. The van der Waals surface area contributed by atoms with Gasteiger partial charge in [-0.3, -0.25) is 9.59 Å². The number of rotatable bonds is 6. The van der Waals surface area contributed by atoms with Crippen LogP contribution in [0.2, 0.25) is 0 Å². The average molecular weight is 326 g/mol. The minimum absolute atomic E-state index is 0.112. The van der Waals surface area contributed by atoms with Crippen molar-refractivity contribution in [3.63, 3.8) is 0 Å². The van der Waals surface area contributed by atoms with Gasteiger partial charge < -0.3 is 15.1 Å². The molecule has 2 rings (SSSR count). The van der Waals surface area contributed by atoms with E-state index in [0.717, 1.165) is 0 Å². The quantitative estimate of drug-likeness (QED) is 0.801. The second-order valence-electron chi connectivity index (χ2n) is 4.11. The number of amides is 2. The van der Waals surface area contributed by atoms with Crippen LogP contribution in [-0.2, 0) is 4.79 Å². The van der Waals surface area contributed by atoms with Gasteiger partial charge in [-0.2, -0.15) is 8.78 Å². The van der Waals surface area contributed by atoms with E-state index < -0.39 is 17.6 Å². The number of nitrogens with one attached hydrogen (secondary N) is 2. The second-order valence-corrected chi connectivity index (χ2v) is 5.17. The Morgan fingerprint density at radius 2 is 1.91 bits per heavy atom. The molecule has 22 heavy (non-hydrogen) atoms. The maximum atomic E-state index is 12.2. The fraction of sp³-hybridized carbons (Fsp3) is 0.143. The zero-order valence-corrected chi connectivity index (χ0v) is 12.0. The Labute approximate surface area is 129 Å². The van der Waals surface area contributed by atoms with Crippen LogP contribution in [0, 0.1) is 0 Å². The summed E-state index contributed by atoms with van der Waals surface area (Å²) in [5, 5.41) is 4.94. The summed E-state index contributed by atoms with van der Waals surface area (Å²) in [4.78, 5) is 23.6. The van der Waals surface area contributed by atoms with Crippen molar-refractivity contribution >= 4 is 29.3 Å². The van der Waals surface area contributed by atoms with Crippen molar-refractivity contribution < 1.29 is 22.8 Å². The van der Waals surface area contributed by atoms with Gasteiger partial charge in [-0.15, -0.1) is 0 Å². The third kappa shape index (κ3) is 4.88. The van der Waals surface area contributed by atoms with Crippen LogP contribution < -0.4 is 10.6 Å². The van der Waals surface area contributed by atoms with Crippen LogP contribution >= 0.6 is 11.8 Å². The largest absolute Gasteiger partial charge is 0.459 e. The maximum absolute atomic E-state index is 12.2. The molecule has 0 aliphatic heterocycles.